The lowest BCUT2D eigenvalue weighted by molar-refractivity contribution is -0.274. The van der Waals surface area contributed by atoms with Crippen molar-refractivity contribution in [2.24, 2.45) is 7.05 Å². The predicted molar refractivity (Wildman–Crippen MR) is 150 cm³/mol. The summed E-state index contributed by atoms with van der Waals surface area (Å²) in [6.07, 6.45) is 3.86. The second kappa shape index (κ2) is 13.5. The van der Waals surface area contributed by atoms with Crippen LogP contribution in [-0.2, 0) is 35.9 Å². The van der Waals surface area contributed by atoms with Gasteiger partial charge in [-0.05, 0) is 56.0 Å². The summed E-state index contributed by atoms with van der Waals surface area (Å²) in [5, 5.41) is 20.9. The molecule has 3 heterocycles. The average Bonchev–Trinajstić information content (AvgIpc) is 3.48. The Labute approximate surface area is 244 Å². The quantitative estimate of drug-likeness (QED) is 0.266. The van der Waals surface area contributed by atoms with Crippen LogP contribution in [0, 0.1) is 6.92 Å². The number of rotatable bonds is 12. The van der Waals surface area contributed by atoms with Gasteiger partial charge in [-0.1, -0.05) is 23.5 Å². The van der Waals surface area contributed by atoms with Crippen molar-refractivity contribution in [1.82, 2.24) is 35.7 Å². The zero-order valence-corrected chi connectivity index (χ0v) is 24.1. The first-order valence-electron chi connectivity index (χ1n) is 13.1. The molecule has 2 amide bonds. The van der Waals surface area contributed by atoms with Crippen LogP contribution in [0.5, 0.6) is 5.75 Å². The third-order valence-electron chi connectivity index (χ3n) is 6.37. The number of carbonyl (C=O) groups excluding carboxylic acids is 2. The molecule has 42 heavy (non-hydrogen) atoms. The van der Waals surface area contributed by atoms with Crippen molar-refractivity contribution < 1.29 is 27.5 Å². The normalized spacial score (nSPS) is 13.2. The standard InChI is InChI=1S/C27H31F3N8O3S/c1-17-19(16-31-37(17)2)15-24(40)33-26-35-34-25(42-26)10-5-4-8-20-11-12-22(38(3)36-20)32-23(39)14-18-7-6-9-21(13-18)41-27(28,29)30/h6-7,9,11-13,16,36H,4-5,8,10,14-15H2,1-3H3,(H,32,39)(H,33,35,40). The summed E-state index contributed by atoms with van der Waals surface area (Å²) in [5.74, 6) is -0.410. The molecule has 3 aromatic rings. The van der Waals surface area contributed by atoms with Crippen LogP contribution in [0.15, 0.2) is 54.1 Å². The second-order valence-electron chi connectivity index (χ2n) is 9.65. The fourth-order valence-electron chi connectivity index (χ4n) is 4.14. The maximum Gasteiger partial charge on any atom is 0.573 e. The molecule has 0 fully saturated rings. The molecule has 0 bridgehead atoms. The van der Waals surface area contributed by atoms with Gasteiger partial charge in [0.25, 0.3) is 0 Å². The van der Waals surface area contributed by atoms with E-state index in [0.29, 0.717) is 16.5 Å². The van der Waals surface area contributed by atoms with Gasteiger partial charge >= 0.3 is 6.36 Å². The Bertz CT molecular complexity index is 1480. The van der Waals surface area contributed by atoms with Gasteiger partial charge in [0.15, 0.2) is 0 Å². The Kier molecular flexibility index (Phi) is 9.83. The number of nitrogens with one attached hydrogen (secondary N) is 3. The number of carbonyl (C=O) groups is 2. The molecule has 0 saturated carbocycles. The number of anilines is 1. The number of hydrogen-bond donors (Lipinski definition) is 3. The van der Waals surface area contributed by atoms with Crippen molar-refractivity contribution in [3.05, 3.63) is 76.0 Å². The molecule has 1 aliphatic heterocycles. The van der Waals surface area contributed by atoms with E-state index in [1.54, 1.807) is 35.1 Å². The number of amides is 2. The van der Waals surface area contributed by atoms with E-state index in [1.165, 1.54) is 29.5 Å². The second-order valence-corrected chi connectivity index (χ2v) is 10.7. The molecule has 11 nitrogen and oxygen atoms in total. The summed E-state index contributed by atoms with van der Waals surface area (Å²) in [6.45, 7) is 1.91. The average molecular weight is 605 g/mol. The van der Waals surface area contributed by atoms with Crippen molar-refractivity contribution in [2.45, 2.75) is 51.8 Å². The summed E-state index contributed by atoms with van der Waals surface area (Å²) >= 11 is 1.36. The van der Waals surface area contributed by atoms with Gasteiger partial charge in [0.2, 0.25) is 16.9 Å². The third-order valence-corrected chi connectivity index (χ3v) is 7.27. The molecule has 2 aromatic heterocycles. The van der Waals surface area contributed by atoms with Crippen LogP contribution < -0.4 is 20.8 Å². The van der Waals surface area contributed by atoms with Crippen LogP contribution in [0.25, 0.3) is 0 Å². The zero-order chi connectivity index (χ0) is 30.3. The predicted octanol–water partition coefficient (Wildman–Crippen LogP) is 3.91. The Hall–Kier alpha value is -4.40. The van der Waals surface area contributed by atoms with E-state index in [9.17, 15) is 22.8 Å². The van der Waals surface area contributed by atoms with E-state index in [4.69, 9.17) is 0 Å². The van der Waals surface area contributed by atoms with Crippen molar-refractivity contribution in [2.75, 3.05) is 12.4 Å². The lowest BCUT2D eigenvalue weighted by Gasteiger charge is -2.29. The van der Waals surface area contributed by atoms with Crippen LogP contribution in [0.1, 0.15) is 41.1 Å². The van der Waals surface area contributed by atoms with Gasteiger partial charge in [-0.25, -0.2) is 0 Å². The largest absolute Gasteiger partial charge is 0.573 e. The molecule has 4 rings (SSSR count). The van der Waals surface area contributed by atoms with Crippen molar-refractivity contribution in [3.8, 4) is 5.75 Å². The Morgan fingerprint density at radius 1 is 1.05 bits per heavy atom. The van der Waals surface area contributed by atoms with Crippen LogP contribution in [-0.4, -0.2) is 50.2 Å². The Balaban J connectivity index is 1.18. The SMILES string of the molecule is Cc1c(CC(=O)Nc2nnc(CCCCC3=CC=C(NC(=O)Cc4cccc(OC(F)(F)F)c4)N(C)N3)s2)cnn1C. The number of aryl methyl sites for hydroxylation is 2. The summed E-state index contributed by atoms with van der Waals surface area (Å²) in [5.41, 5.74) is 6.37. The maximum atomic E-state index is 12.5. The minimum Gasteiger partial charge on any atom is -0.406 e. The number of hydrazine groups is 1. The first-order chi connectivity index (χ1) is 19.9. The first kappa shape index (κ1) is 30.6. The number of ether oxygens (including phenoxy) is 1. The highest BCUT2D eigenvalue weighted by Gasteiger charge is 2.31. The number of allylic oxidation sites excluding steroid dienone is 3. The first-order valence-corrected chi connectivity index (χ1v) is 13.9. The summed E-state index contributed by atoms with van der Waals surface area (Å²) < 4.78 is 43.0. The van der Waals surface area contributed by atoms with Crippen LogP contribution in [0.4, 0.5) is 18.3 Å². The third kappa shape index (κ3) is 9.06. The van der Waals surface area contributed by atoms with Crippen LogP contribution in [0.2, 0.25) is 0 Å². The van der Waals surface area contributed by atoms with E-state index in [2.05, 4.69) is 36.1 Å². The van der Waals surface area contributed by atoms with Crippen molar-refractivity contribution >= 4 is 28.3 Å². The number of hydrogen-bond acceptors (Lipinski definition) is 9. The number of aromatic nitrogens is 4. The summed E-state index contributed by atoms with van der Waals surface area (Å²) in [7, 11) is 3.58. The van der Waals surface area contributed by atoms with Crippen molar-refractivity contribution in [3.63, 3.8) is 0 Å². The molecule has 0 atom stereocenters. The smallest absolute Gasteiger partial charge is 0.406 e. The van der Waals surface area contributed by atoms with Gasteiger partial charge in [-0.3, -0.25) is 19.3 Å². The fraction of sp³-hybridized carbons (Fsp3) is 0.370. The molecule has 0 unspecified atom stereocenters. The number of alkyl halides is 3. The van der Waals surface area contributed by atoms with E-state index in [0.717, 1.165) is 47.6 Å². The van der Waals surface area contributed by atoms with E-state index in [1.807, 2.05) is 20.0 Å². The summed E-state index contributed by atoms with van der Waals surface area (Å²) in [4.78, 5) is 24.8. The topological polar surface area (TPSA) is 126 Å². The Morgan fingerprint density at radius 3 is 2.52 bits per heavy atom. The van der Waals surface area contributed by atoms with Gasteiger partial charge < -0.3 is 20.8 Å². The molecule has 224 valence electrons. The molecule has 15 heteroatoms. The summed E-state index contributed by atoms with van der Waals surface area (Å²) in [6, 6.07) is 5.33. The molecule has 1 aromatic carbocycles. The molecule has 0 spiro atoms. The lowest BCUT2D eigenvalue weighted by Crippen LogP contribution is -2.42. The highest BCUT2D eigenvalue weighted by atomic mass is 32.1. The van der Waals surface area contributed by atoms with Crippen LogP contribution >= 0.6 is 11.3 Å². The minimum absolute atomic E-state index is 0.113. The molecule has 0 saturated heterocycles. The highest BCUT2D eigenvalue weighted by Crippen LogP contribution is 2.24. The highest BCUT2D eigenvalue weighted by molar-refractivity contribution is 7.15. The number of unbranched alkanes of at least 4 members (excludes halogenated alkanes) is 1. The van der Waals surface area contributed by atoms with E-state index >= 15 is 0 Å². The van der Waals surface area contributed by atoms with Crippen LogP contribution in [0.3, 0.4) is 0 Å². The molecule has 1 aliphatic rings. The minimum atomic E-state index is -4.80. The number of nitrogens with zero attached hydrogens (tertiary/aromatic N) is 5. The van der Waals surface area contributed by atoms with E-state index < -0.39 is 6.36 Å². The van der Waals surface area contributed by atoms with Gasteiger partial charge in [-0.2, -0.15) is 5.10 Å². The van der Waals surface area contributed by atoms with Gasteiger partial charge in [0.05, 0.1) is 19.0 Å². The molecule has 0 aliphatic carbocycles. The zero-order valence-electron chi connectivity index (χ0n) is 23.3. The molecular weight excluding hydrogens is 573 g/mol. The number of halogens is 3. The monoisotopic (exact) mass is 604 g/mol. The molecule has 3 N–H and O–H groups in total. The van der Waals surface area contributed by atoms with Crippen molar-refractivity contribution in [1.29, 1.82) is 0 Å². The molecule has 0 radical (unpaired) electrons. The molecular formula is C27H31F3N8O3S. The van der Waals surface area contributed by atoms with Gasteiger partial charge in [0.1, 0.15) is 16.6 Å². The van der Waals surface area contributed by atoms with Gasteiger partial charge in [0, 0.05) is 37.5 Å². The Morgan fingerprint density at radius 2 is 1.81 bits per heavy atom. The maximum absolute atomic E-state index is 12.5. The lowest BCUT2D eigenvalue weighted by atomic mass is 10.1. The fourth-order valence-corrected chi connectivity index (χ4v) is 4.94. The van der Waals surface area contributed by atoms with E-state index in [-0.39, 0.29) is 30.4 Å². The van der Waals surface area contributed by atoms with Gasteiger partial charge in [-0.15, -0.1) is 23.4 Å². The number of benzene rings is 1.